The number of allylic oxidation sites excluding steroid dienone is 16. The Morgan fingerprint density at radius 2 is 1.93 bits per heavy atom. The number of aromatic carboxylic acids is 1. The van der Waals surface area contributed by atoms with Crippen LogP contribution in [0.4, 0.5) is 0 Å². The normalized spacial score (nSPS) is 17.3. The van der Waals surface area contributed by atoms with Crippen LogP contribution in [0, 0.1) is 0 Å². The molecule has 3 aliphatic rings. The molecule has 43 heavy (non-hydrogen) atoms. The molecule has 0 aliphatic heterocycles. The molecule has 2 aromatic rings. The zero-order valence-electron chi connectivity index (χ0n) is 25.1. The number of aromatic nitrogens is 2. The van der Waals surface area contributed by atoms with Crippen molar-refractivity contribution >= 4 is 28.9 Å². The maximum atomic E-state index is 11.3. The van der Waals surface area contributed by atoms with E-state index in [-0.39, 0.29) is 5.56 Å². The van der Waals surface area contributed by atoms with Gasteiger partial charge in [0, 0.05) is 30.8 Å². The number of aldehydes is 1. The van der Waals surface area contributed by atoms with Crippen LogP contribution in [0.15, 0.2) is 120 Å². The maximum absolute atomic E-state index is 11.3. The summed E-state index contributed by atoms with van der Waals surface area (Å²) < 4.78 is 2.22. The van der Waals surface area contributed by atoms with Crippen LogP contribution in [0.25, 0.3) is 16.6 Å². The number of nitrogens with one attached hydrogen (secondary N) is 1. The standard InChI is InChI=1S/C21H22N2O3.C16H19N/c1-3-15(13-24)9-8-14(2)20-22-18-12-16(21(25)26)10-11-19(18)23(20)17-6-4-5-7-17;1-17-16-10-6-9-15(11-12-16)13-14-7-4-2-3-5-8-14/h3,8-13,17H,1,4-7H2,2H3,(H,25,26);2-4,6-9,11-12,17H,5,10,13H2,1H3/b14-8+,15-9+;. The van der Waals surface area contributed by atoms with Gasteiger partial charge in [-0.15, -0.1) is 0 Å². The number of carbonyl (C=O) groups is 2. The number of carboxylic acid groups (broad SMARTS) is 1. The zero-order valence-corrected chi connectivity index (χ0v) is 25.1. The Morgan fingerprint density at radius 3 is 2.65 bits per heavy atom. The SMILES string of the molecule is C=C/C(C=O)=C\C=C(/C)c1nc2cc(C(=O)O)ccc2n1C1CCCC1.CNC1=CC=C(CC2=CCC=CC=C2)C=CC1. The molecule has 5 rings (SSSR count). The Bertz CT molecular complexity index is 1590. The van der Waals surface area contributed by atoms with E-state index in [1.807, 2.05) is 26.1 Å². The second kappa shape index (κ2) is 15.5. The molecule has 0 spiro atoms. The molecule has 1 fully saturated rings. The van der Waals surface area contributed by atoms with E-state index < -0.39 is 5.97 Å². The molecule has 1 heterocycles. The van der Waals surface area contributed by atoms with Crippen LogP contribution in [0.2, 0.25) is 0 Å². The Kier molecular flexibility index (Phi) is 11.3. The average Bonchev–Trinajstić information content (AvgIpc) is 3.52. The van der Waals surface area contributed by atoms with Crippen molar-refractivity contribution in [2.75, 3.05) is 7.05 Å². The number of hydrogen-bond acceptors (Lipinski definition) is 4. The molecular formula is C37H41N3O3. The second-order valence-electron chi connectivity index (χ2n) is 10.9. The minimum absolute atomic E-state index is 0.233. The van der Waals surface area contributed by atoms with Gasteiger partial charge in [-0.05, 0) is 73.6 Å². The molecule has 0 radical (unpaired) electrons. The van der Waals surface area contributed by atoms with Crippen molar-refractivity contribution < 1.29 is 14.7 Å². The van der Waals surface area contributed by atoms with Crippen molar-refractivity contribution in [3.63, 3.8) is 0 Å². The number of benzene rings is 1. The van der Waals surface area contributed by atoms with Crippen LogP contribution in [0.3, 0.4) is 0 Å². The third-order valence-electron chi connectivity index (χ3n) is 7.85. The van der Waals surface area contributed by atoms with E-state index in [1.54, 1.807) is 18.2 Å². The summed E-state index contributed by atoms with van der Waals surface area (Å²) in [5, 5.41) is 12.4. The number of hydrogen-bond donors (Lipinski definition) is 2. The van der Waals surface area contributed by atoms with Crippen molar-refractivity contribution in [1.82, 2.24) is 14.9 Å². The molecule has 222 valence electrons. The second-order valence-corrected chi connectivity index (χ2v) is 10.9. The highest BCUT2D eigenvalue weighted by atomic mass is 16.4. The molecule has 1 saturated carbocycles. The first-order valence-corrected chi connectivity index (χ1v) is 14.9. The molecule has 1 aromatic heterocycles. The van der Waals surface area contributed by atoms with Crippen molar-refractivity contribution in [2.45, 2.75) is 57.9 Å². The van der Waals surface area contributed by atoms with Crippen LogP contribution in [0.5, 0.6) is 0 Å². The minimum atomic E-state index is -0.958. The highest BCUT2D eigenvalue weighted by Gasteiger charge is 2.23. The van der Waals surface area contributed by atoms with E-state index in [4.69, 9.17) is 4.98 Å². The molecular weight excluding hydrogens is 534 g/mol. The molecule has 0 atom stereocenters. The smallest absolute Gasteiger partial charge is 0.335 e. The van der Waals surface area contributed by atoms with Crippen LogP contribution in [-0.2, 0) is 4.79 Å². The van der Waals surface area contributed by atoms with E-state index in [1.165, 1.54) is 35.8 Å². The Balaban J connectivity index is 0.000000215. The molecule has 2 N–H and O–H groups in total. The minimum Gasteiger partial charge on any atom is -0.478 e. The summed E-state index contributed by atoms with van der Waals surface area (Å²) in [5.41, 5.74) is 7.32. The quantitative estimate of drug-likeness (QED) is 0.178. The van der Waals surface area contributed by atoms with Crippen molar-refractivity contribution in [2.24, 2.45) is 0 Å². The van der Waals surface area contributed by atoms with Crippen molar-refractivity contribution in [3.8, 4) is 0 Å². The van der Waals surface area contributed by atoms with Gasteiger partial charge in [0.25, 0.3) is 0 Å². The summed E-state index contributed by atoms with van der Waals surface area (Å²) in [5.74, 6) is -0.138. The molecule has 0 saturated heterocycles. The van der Waals surface area contributed by atoms with Crippen LogP contribution in [-0.4, -0.2) is 34.0 Å². The van der Waals surface area contributed by atoms with Gasteiger partial charge in [0.05, 0.1) is 16.6 Å². The third-order valence-corrected chi connectivity index (χ3v) is 7.85. The molecule has 6 heteroatoms. The molecule has 0 unspecified atom stereocenters. The van der Waals surface area contributed by atoms with Gasteiger partial charge in [0.2, 0.25) is 0 Å². The summed E-state index contributed by atoms with van der Waals surface area (Å²) in [4.78, 5) is 26.9. The third kappa shape index (κ3) is 8.41. The van der Waals surface area contributed by atoms with E-state index in [0.29, 0.717) is 17.1 Å². The number of carbonyl (C=O) groups excluding carboxylic acids is 1. The Labute approximate surface area is 254 Å². The summed E-state index contributed by atoms with van der Waals surface area (Å²) in [6.07, 6.45) is 33.2. The van der Waals surface area contributed by atoms with Crippen molar-refractivity contribution in [1.29, 1.82) is 0 Å². The average molecular weight is 576 g/mol. The summed E-state index contributed by atoms with van der Waals surface area (Å²) in [7, 11) is 1.97. The molecule has 3 aliphatic carbocycles. The lowest BCUT2D eigenvalue weighted by molar-refractivity contribution is -0.104. The first-order valence-electron chi connectivity index (χ1n) is 14.9. The van der Waals surface area contributed by atoms with Gasteiger partial charge in [-0.3, -0.25) is 4.79 Å². The highest BCUT2D eigenvalue weighted by Crippen LogP contribution is 2.35. The molecule has 6 nitrogen and oxygen atoms in total. The predicted molar refractivity (Wildman–Crippen MR) is 177 cm³/mol. The van der Waals surface area contributed by atoms with E-state index in [2.05, 4.69) is 71.1 Å². The predicted octanol–water partition coefficient (Wildman–Crippen LogP) is 8.37. The van der Waals surface area contributed by atoms with E-state index in [9.17, 15) is 14.7 Å². The fourth-order valence-electron chi connectivity index (χ4n) is 5.46. The van der Waals surface area contributed by atoms with Gasteiger partial charge < -0.3 is 15.0 Å². The Hall–Kier alpha value is -4.71. The van der Waals surface area contributed by atoms with Gasteiger partial charge in [-0.2, -0.15) is 0 Å². The summed E-state index contributed by atoms with van der Waals surface area (Å²) in [6, 6.07) is 5.46. The zero-order chi connectivity index (χ0) is 30.6. The number of nitrogens with zero attached hydrogens (tertiary/aromatic N) is 2. The first kappa shape index (κ1) is 31.2. The lowest BCUT2D eigenvalue weighted by atomic mass is 10.0. The Morgan fingerprint density at radius 1 is 1.12 bits per heavy atom. The summed E-state index contributed by atoms with van der Waals surface area (Å²) in [6.45, 7) is 5.57. The number of rotatable bonds is 9. The van der Waals surface area contributed by atoms with Gasteiger partial charge in [-0.1, -0.05) is 86.3 Å². The number of fused-ring (bicyclic) bond motifs is 1. The van der Waals surface area contributed by atoms with Gasteiger partial charge in [-0.25, -0.2) is 9.78 Å². The number of carboxylic acids is 1. The maximum Gasteiger partial charge on any atom is 0.335 e. The van der Waals surface area contributed by atoms with Gasteiger partial charge in [0.15, 0.2) is 0 Å². The van der Waals surface area contributed by atoms with Crippen LogP contribution < -0.4 is 5.32 Å². The molecule has 1 aromatic carbocycles. The highest BCUT2D eigenvalue weighted by molar-refractivity contribution is 5.93. The largest absolute Gasteiger partial charge is 0.478 e. The van der Waals surface area contributed by atoms with Gasteiger partial charge >= 0.3 is 5.97 Å². The van der Waals surface area contributed by atoms with Crippen molar-refractivity contribution in [3.05, 3.63) is 131 Å². The van der Waals surface area contributed by atoms with E-state index >= 15 is 0 Å². The van der Waals surface area contributed by atoms with Crippen LogP contribution in [0.1, 0.15) is 74.1 Å². The monoisotopic (exact) mass is 575 g/mol. The first-order chi connectivity index (χ1) is 20.9. The molecule has 0 amide bonds. The topological polar surface area (TPSA) is 84.2 Å². The lowest BCUT2D eigenvalue weighted by Crippen LogP contribution is -2.08. The fourth-order valence-corrected chi connectivity index (χ4v) is 5.46. The fraction of sp³-hybridized carbons (Fsp3) is 0.270. The number of imidazole rings is 1. The van der Waals surface area contributed by atoms with Crippen LogP contribution >= 0.6 is 0 Å². The molecule has 0 bridgehead atoms. The van der Waals surface area contributed by atoms with E-state index in [0.717, 1.165) is 55.3 Å². The summed E-state index contributed by atoms with van der Waals surface area (Å²) >= 11 is 0. The van der Waals surface area contributed by atoms with Gasteiger partial charge in [0.1, 0.15) is 12.1 Å². The lowest BCUT2D eigenvalue weighted by Gasteiger charge is -2.16.